The molecule has 1 aromatic rings. The Balaban J connectivity index is 1.78. The van der Waals surface area contributed by atoms with Gasteiger partial charge >= 0.3 is 0 Å². The molecule has 2 rings (SSSR count). The first-order chi connectivity index (χ1) is 11.6. The lowest BCUT2D eigenvalue weighted by Crippen LogP contribution is -2.46. The van der Waals surface area contributed by atoms with E-state index in [0.29, 0.717) is 11.0 Å². The van der Waals surface area contributed by atoms with Gasteiger partial charge in [-0.15, -0.1) is 0 Å². The second-order valence-electron chi connectivity index (χ2n) is 6.59. The Kier molecular flexibility index (Phi) is 6.64. The Labute approximate surface area is 145 Å². The number of nitrogens with one attached hydrogen (secondary N) is 3. The molecule has 1 aromatic carbocycles. The summed E-state index contributed by atoms with van der Waals surface area (Å²) in [7, 11) is 3.46. The van der Waals surface area contributed by atoms with Gasteiger partial charge in [-0.05, 0) is 48.8 Å². The molecule has 0 aliphatic heterocycles. The highest BCUT2D eigenvalue weighted by atomic mass is 16.1. The molecule has 132 valence electrons. The second kappa shape index (κ2) is 8.71. The Morgan fingerprint density at radius 1 is 1.29 bits per heavy atom. The predicted molar refractivity (Wildman–Crippen MR) is 99.5 cm³/mol. The van der Waals surface area contributed by atoms with Crippen molar-refractivity contribution in [2.24, 2.45) is 10.4 Å². The van der Waals surface area contributed by atoms with E-state index >= 15 is 0 Å². The molecule has 0 radical (unpaired) electrons. The molecule has 0 unspecified atom stereocenters. The van der Waals surface area contributed by atoms with E-state index in [0.717, 1.165) is 31.0 Å². The number of nitrogens with zero attached hydrogens (tertiary/aromatic N) is 1. The Bertz CT molecular complexity index is 573. The molecular weight excluding hydrogens is 300 g/mol. The smallest absolute Gasteiger partial charge is 0.251 e. The maximum absolute atomic E-state index is 11.7. The van der Waals surface area contributed by atoms with Crippen LogP contribution in [0.3, 0.4) is 0 Å². The van der Waals surface area contributed by atoms with Crippen LogP contribution in [0.15, 0.2) is 29.3 Å². The van der Waals surface area contributed by atoms with Crippen LogP contribution in [0.1, 0.15) is 48.5 Å². The molecule has 0 spiro atoms. The topological polar surface area (TPSA) is 65.5 Å². The molecule has 24 heavy (non-hydrogen) atoms. The summed E-state index contributed by atoms with van der Waals surface area (Å²) in [6, 6.07) is 7.75. The number of rotatable bonds is 7. The molecular formula is C19H30N4O. The van der Waals surface area contributed by atoms with Gasteiger partial charge in [-0.2, -0.15) is 0 Å². The number of amides is 1. The number of hydrogen-bond acceptors (Lipinski definition) is 2. The average Bonchev–Trinajstić information content (AvgIpc) is 2.59. The predicted octanol–water partition coefficient (Wildman–Crippen LogP) is 2.33. The van der Waals surface area contributed by atoms with E-state index in [2.05, 4.69) is 27.9 Å². The zero-order valence-corrected chi connectivity index (χ0v) is 15.1. The first kappa shape index (κ1) is 18.3. The van der Waals surface area contributed by atoms with Crippen LogP contribution >= 0.6 is 0 Å². The summed E-state index contributed by atoms with van der Waals surface area (Å²) in [5.41, 5.74) is 2.31. The fraction of sp³-hybridized carbons (Fsp3) is 0.579. The van der Waals surface area contributed by atoms with Crippen LogP contribution in [-0.4, -0.2) is 39.1 Å². The van der Waals surface area contributed by atoms with Crippen molar-refractivity contribution in [1.29, 1.82) is 0 Å². The van der Waals surface area contributed by atoms with Crippen molar-refractivity contribution in [3.05, 3.63) is 35.4 Å². The summed E-state index contributed by atoms with van der Waals surface area (Å²) in [6.45, 7) is 4.06. The maximum atomic E-state index is 11.7. The van der Waals surface area contributed by atoms with Crippen LogP contribution in [0.25, 0.3) is 0 Å². The van der Waals surface area contributed by atoms with Crippen molar-refractivity contribution in [2.75, 3.05) is 27.2 Å². The largest absolute Gasteiger partial charge is 0.356 e. The van der Waals surface area contributed by atoms with Crippen molar-refractivity contribution in [3.8, 4) is 0 Å². The van der Waals surface area contributed by atoms with Crippen LogP contribution in [0.4, 0.5) is 0 Å². The van der Waals surface area contributed by atoms with Gasteiger partial charge in [-0.3, -0.25) is 9.79 Å². The van der Waals surface area contributed by atoms with Crippen LogP contribution in [0.2, 0.25) is 0 Å². The highest BCUT2D eigenvalue weighted by Crippen LogP contribution is 2.42. The summed E-state index contributed by atoms with van der Waals surface area (Å²) in [6.07, 6.45) is 6.07. The minimum Gasteiger partial charge on any atom is -0.356 e. The summed E-state index contributed by atoms with van der Waals surface area (Å²) in [5.74, 6) is 0.810. The zero-order chi connectivity index (χ0) is 17.4. The third-order valence-electron chi connectivity index (χ3n) is 5.14. The second-order valence-corrected chi connectivity index (χ2v) is 6.59. The maximum Gasteiger partial charge on any atom is 0.251 e. The third kappa shape index (κ3) is 4.73. The van der Waals surface area contributed by atoms with Gasteiger partial charge < -0.3 is 16.0 Å². The molecule has 0 saturated heterocycles. The molecule has 1 fully saturated rings. The minimum absolute atomic E-state index is 0.0485. The lowest BCUT2D eigenvalue weighted by Gasteiger charge is -2.41. The van der Waals surface area contributed by atoms with Gasteiger partial charge in [0.1, 0.15) is 0 Å². The number of hydrogen-bond donors (Lipinski definition) is 3. The van der Waals surface area contributed by atoms with Gasteiger partial charge in [0.15, 0.2) is 5.96 Å². The quantitative estimate of drug-likeness (QED) is 0.531. The zero-order valence-electron chi connectivity index (χ0n) is 15.1. The van der Waals surface area contributed by atoms with E-state index in [1.54, 1.807) is 14.1 Å². The van der Waals surface area contributed by atoms with E-state index in [9.17, 15) is 4.79 Å². The molecule has 5 nitrogen and oxygen atoms in total. The van der Waals surface area contributed by atoms with Gasteiger partial charge in [0.05, 0.1) is 0 Å². The van der Waals surface area contributed by atoms with Gasteiger partial charge in [0, 0.05) is 32.7 Å². The van der Waals surface area contributed by atoms with Crippen LogP contribution in [0.5, 0.6) is 0 Å². The van der Waals surface area contributed by atoms with Crippen molar-refractivity contribution in [3.63, 3.8) is 0 Å². The number of benzene rings is 1. The summed E-state index contributed by atoms with van der Waals surface area (Å²) in [5, 5.41) is 9.48. The van der Waals surface area contributed by atoms with Crippen LogP contribution < -0.4 is 16.0 Å². The molecule has 0 heterocycles. The van der Waals surface area contributed by atoms with E-state index in [1.165, 1.54) is 25.7 Å². The number of carbonyl (C=O) groups excluding carboxylic acids is 1. The Hall–Kier alpha value is -2.04. The molecule has 3 N–H and O–H groups in total. The first-order valence-electron chi connectivity index (χ1n) is 8.88. The highest BCUT2D eigenvalue weighted by Gasteiger charge is 2.34. The molecule has 1 amide bonds. The number of aliphatic imine (C=N–C) groups is 1. The van der Waals surface area contributed by atoms with Gasteiger partial charge in [-0.1, -0.05) is 25.5 Å². The van der Waals surface area contributed by atoms with E-state index in [4.69, 9.17) is 0 Å². The highest BCUT2D eigenvalue weighted by molar-refractivity contribution is 5.94. The fourth-order valence-electron chi connectivity index (χ4n) is 3.16. The lowest BCUT2D eigenvalue weighted by atomic mass is 9.67. The molecule has 0 atom stereocenters. The summed E-state index contributed by atoms with van der Waals surface area (Å²) < 4.78 is 0. The third-order valence-corrected chi connectivity index (χ3v) is 5.14. The van der Waals surface area contributed by atoms with E-state index < -0.39 is 0 Å². The molecule has 0 aromatic heterocycles. The standard InChI is InChI=1S/C19H30N4O/c1-4-19(10-6-11-19)14-23-18(21-3)22-12-9-15-7-5-8-16(13-15)17(24)20-2/h5,7-8,13H,4,6,9-12,14H2,1-3H3,(H,20,24)(H2,21,22,23). The van der Waals surface area contributed by atoms with E-state index in [1.807, 2.05) is 24.3 Å². The SMILES string of the molecule is CCC1(CNC(=NC)NCCc2cccc(C(=O)NC)c2)CCC1. The van der Waals surface area contributed by atoms with Crippen molar-refractivity contribution in [1.82, 2.24) is 16.0 Å². The van der Waals surface area contributed by atoms with Crippen LogP contribution in [0, 0.1) is 5.41 Å². The van der Waals surface area contributed by atoms with Crippen molar-refractivity contribution >= 4 is 11.9 Å². The summed E-state index contributed by atoms with van der Waals surface area (Å²) in [4.78, 5) is 16.0. The van der Waals surface area contributed by atoms with Crippen molar-refractivity contribution < 1.29 is 4.79 Å². The monoisotopic (exact) mass is 330 g/mol. The number of guanidine groups is 1. The van der Waals surface area contributed by atoms with Crippen LogP contribution in [-0.2, 0) is 6.42 Å². The van der Waals surface area contributed by atoms with Gasteiger partial charge in [0.25, 0.3) is 5.91 Å². The molecule has 1 aliphatic carbocycles. The molecule has 1 saturated carbocycles. The lowest BCUT2D eigenvalue weighted by molar-refractivity contribution is 0.0963. The molecule has 1 aliphatic rings. The normalized spacial score (nSPS) is 16.2. The Morgan fingerprint density at radius 3 is 2.67 bits per heavy atom. The molecule has 5 heteroatoms. The van der Waals surface area contributed by atoms with E-state index in [-0.39, 0.29) is 5.91 Å². The molecule has 0 bridgehead atoms. The fourth-order valence-corrected chi connectivity index (χ4v) is 3.16. The van der Waals surface area contributed by atoms with Gasteiger partial charge in [0.2, 0.25) is 0 Å². The minimum atomic E-state index is -0.0485. The summed E-state index contributed by atoms with van der Waals surface area (Å²) >= 11 is 0. The number of carbonyl (C=O) groups is 1. The average molecular weight is 330 g/mol. The first-order valence-corrected chi connectivity index (χ1v) is 8.88. The van der Waals surface area contributed by atoms with Crippen molar-refractivity contribution in [2.45, 2.75) is 39.0 Å². The van der Waals surface area contributed by atoms with Gasteiger partial charge in [-0.25, -0.2) is 0 Å². The Morgan fingerprint density at radius 2 is 2.08 bits per heavy atom.